The van der Waals surface area contributed by atoms with Gasteiger partial charge in [0.1, 0.15) is 6.17 Å². The maximum Gasteiger partial charge on any atom is 0.264 e. The van der Waals surface area contributed by atoms with Gasteiger partial charge in [0.2, 0.25) is 5.91 Å². The van der Waals surface area contributed by atoms with Gasteiger partial charge in [0.05, 0.1) is 42.5 Å². The van der Waals surface area contributed by atoms with Crippen LogP contribution in [-0.4, -0.2) is 69.4 Å². The van der Waals surface area contributed by atoms with Gasteiger partial charge >= 0.3 is 0 Å². The van der Waals surface area contributed by atoms with Crippen molar-refractivity contribution >= 4 is 33.2 Å². The third-order valence-electron chi connectivity index (χ3n) is 6.66. The lowest BCUT2D eigenvalue weighted by Crippen LogP contribution is -2.49. The molecule has 184 valence electrons. The maximum absolute atomic E-state index is 13.6. The van der Waals surface area contributed by atoms with Crippen molar-refractivity contribution in [3.8, 4) is 11.5 Å². The molecule has 35 heavy (non-hydrogen) atoms. The SMILES string of the molecule is COc1ccc2c(c1OC)C(=O)N1c3ccccc3C(=O)N(CCC(=O)N[C@@H]3CCS(=O)(=O)C3)[C@@H]21. The van der Waals surface area contributed by atoms with Gasteiger partial charge in [-0.15, -0.1) is 0 Å². The molecule has 0 bridgehead atoms. The zero-order valence-electron chi connectivity index (χ0n) is 19.3. The smallest absolute Gasteiger partial charge is 0.264 e. The second-order valence-corrected chi connectivity index (χ2v) is 11.0. The summed E-state index contributed by atoms with van der Waals surface area (Å²) >= 11 is 0. The van der Waals surface area contributed by atoms with Crippen LogP contribution in [0.4, 0.5) is 5.69 Å². The molecule has 10 nitrogen and oxygen atoms in total. The van der Waals surface area contributed by atoms with Gasteiger partial charge in [0.15, 0.2) is 21.3 Å². The van der Waals surface area contributed by atoms with Crippen molar-refractivity contribution in [2.75, 3.05) is 37.2 Å². The van der Waals surface area contributed by atoms with E-state index in [4.69, 9.17) is 9.47 Å². The Morgan fingerprint density at radius 2 is 1.86 bits per heavy atom. The summed E-state index contributed by atoms with van der Waals surface area (Å²) in [5.41, 5.74) is 1.74. The fourth-order valence-electron chi connectivity index (χ4n) is 5.08. The van der Waals surface area contributed by atoms with Crippen LogP contribution in [0.15, 0.2) is 36.4 Å². The molecule has 3 amide bonds. The molecular formula is C24H25N3O7S. The average Bonchev–Trinajstić information content (AvgIpc) is 3.34. The minimum atomic E-state index is -3.13. The number of hydrogen-bond donors (Lipinski definition) is 1. The molecule has 0 saturated carbocycles. The van der Waals surface area contributed by atoms with Gasteiger partial charge in [-0.25, -0.2) is 8.42 Å². The molecule has 5 rings (SSSR count). The number of amides is 3. The fraction of sp³-hybridized carbons (Fsp3) is 0.375. The van der Waals surface area contributed by atoms with Crippen molar-refractivity contribution in [3.05, 3.63) is 53.1 Å². The number of hydrogen-bond acceptors (Lipinski definition) is 7. The summed E-state index contributed by atoms with van der Waals surface area (Å²) in [5, 5.41) is 2.76. The highest BCUT2D eigenvalue weighted by Gasteiger charge is 2.49. The molecule has 0 aromatic heterocycles. The van der Waals surface area contributed by atoms with Crippen molar-refractivity contribution in [2.24, 2.45) is 0 Å². The molecule has 3 aliphatic rings. The van der Waals surface area contributed by atoms with Crippen molar-refractivity contribution in [1.82, 2.24) is 10.2 Å². The average molecular weight is 500 g/mol. The van der Waals surface area contributed by atoms with Gasteiger partial charge in [-0.1, -0.05) is 18.2 Å². The number of methoxy groups -OCH3 is 2. The molecule has 3 heterocycles. The van der Waals surface area contributed by atoms with Crippen LogP contribution >= 0.6 is 0 Å². The van der Waals surface area contributed by atoms with Gasteiger partial charge in [-0.2, -0.15) is 0 Å². The first kappa shape index (κ1) is 23.2. The van der Waals surface area contributed by atoms with Crippen LogP contribution < -0.4 is 19.7 Å². The molecule has 0 aliphatic carbocycles. The lowest BCUT2D eigenvalue weighted by atomic mass is 10.0. The number of carbonyl (C=O) groups is 3. The van der Waals surface area contributed by atoms with E-state index in [0.717, 1.165) is 0 Å². The summed E-state index contributed by atoms with van der Waals surface area (Å²) in [6.07, 6.45) is -0.408. The molecule has 2 aromatic rings. The van der Waals surface area contributed by atoms with E-state index in [9.17, 15) is 22.8 Å². The van der Waals surface area contributed by atoms with E-state index in [0.29, 0.717) is 34.5 Å². The van der Waals surface area contributed by atoms with Crippen molar-refractivity contribution in [2.45, 2.75) is 25.0 Å². The summed E-state index contributed by atoms with van der Waals surface area (Å²) in [4.78, 5) is 42.8. The molecule has 1 saturated heterocycles. The van der Waals surface area contributed by atoms with Crippen molar-refractivity contribution < 1.29 is 32.3 Å². The Hall–Kier alpha value is -3.60. The first-order valence-electron chi connectivity index (χ1n) is 11.2. The Bertz CT molecular complexity index is 1340. The Labute approximate surface area is 202 Å². The predicted molar refractivity (Wildman–Crippen MR) is 126 cm³/mol. The third kappa shape index (κ3) is 3.79. The van der Waals surface area contributed by atoms with E-state index >= 15 is 0 Å². The molecule has 0 radical (unpaired) electrons. The Morgan fingerprint density at radius 1 is 1.09 bits per heavy atom. The first-order valence-corrected chi connectivity index (χ1v) is 13.1. The van der Waals surface area contributed by atoms with Gasteiger partial charge in [0, 0.05) is 24.6 Å². The maximum atomic E-state index is 13.6. The van der Waals surface area contributed by atoms with Gasteiger partial charge in [-0.05, 0) is 24.6 Å². The predicted octanol–water partition coefficient (Wildman–Crippen LogP) is 1.51. The Balaban J connectivity index is 1.48. The molecule has 2 aromatic carbocycles. The van der Waals surface area contributed by atoms with Crippen LogP contribution in [0.3, 0.4) is 0 Å². The Kier molecular flexibility index (Phi) is 5.66. The minimum Gasteiger partial charge on any atom is -0.493 e. The Morgan fingerprint density at radius 3 is 2.54 bits per heavy atom. The lowest BCUT2D eigenvalue weighted by Gasteiger charge is -2.40. The van der Waals surface area contributed by atoms with Crippen LogP contribution in [-0.2, 0) is 14.6 Å². The van der Waals surface area contributed by atoms with E-state index in [1.165, 1.54) is 19.1 Å². The number of carbonyl (C=O) groups excluding carboxylic acids is 3. The molecule has 3 aliphatic heterocycles. The monoisotopic (exact) mass is 499 g/mol. The van der Waals surface area contributed by atoms with E-state index in [-0.39, 0.29) is 47.9 Å². The summed E-state index contributed by atoms with van der Waals surface area (Å²) in [7, 11) is -0.194. The van der Waals surface area contributed by atoms with Crippen molar-refractivity contribution in [1.29, 1.82) is 0 Å². The van der Waals surface area contributed by atoms with Gasteiger partial charge in [-0.3, -0.25) is 19.3 Å². The van der Waals surface area contributed by atoms with Crippen LogP contribution in [0.25, 0.3) is 0 Å². The van der Waals surface area contributed by atoms with Crippen LogP contribution in [0, 0.1) is 0 Å². The summed E-state index contributed by atoms with van der Waals surface area (Å²) in [5.74, 6) is -0.303. The molecule has 0 spiro atoms. The summed E-state index contributed by atoms with van der Waals surface area (Å²) in [6.45, 7) is 0.0424. The molecule has 11 heteroatoms. The fourth-order valence-corrected chi connectivity index (χ4v) is 6.76. The number of anilines is 1. The van der Waals surface area contributed by atoms with Crippen LogP contribution in [0.1, 0.15) is 45.3 Å². The highest BCUT2D eigenvalue weighted by Crippen LogP contribution is 2.49. The number of rotatable bonds is 6. The number of fused-ring (bicyclic) bond motifs is 5. The molecular weight excluding hydrogens is 474 g/mol. The van der Waals surface area contributed by atoms with Crippen LogP contribution in [0.2, 0.25) is 0 Å². The second-order valence-electron chi connectivity index (χ2n) is 8.75. The summed E-state index contributed by atoms with van der Waals surface area (Å²) in [6, 6.07) is 9.85. The first-order chi connectivity index (χ1) is 16.8. The van der Waals surface area contributed by atoms with E-state index in [1.54, 1.807) is 41.3 Å². The van der Waals surface area contributed by atoms with Crippen LogP contribution in [0.5, 0.6) is 11.5 Å². The number of benzene rings is 2. The number of para-hydroxylation sites is 1. The molecule has 1 fully saturated rings. The second kappa shape index (κ2) is 8.56. The largest absolute Gasteiger partial charge is 0.493 e. The van der Waals surface area contributed by atoms with E-state index in [1.807, 2.05) is 0 Å². The normalized spacial score (nSPS) is 21.9. The third-order valence-corrected chi connectivity index (χ3v) is 8.43. The van der Waals surface area contributed by atoms with E-state index in [2.05, 4.69) is 5.32 Å². The zero-order valence-corrected chi connectivity index (χ0v) is 20.1. The van der Waals surface area contributed by atoms with E-state index < -0.39 is 22.0 Å². The number of ether oxygens (including phenoxy) is 2. The van der Waals surface area contributed by atoms with Gasteiger partial charge < -0.3 is 19.7 Å². The number of nitrogens with one attached hydrogen (secondary N) is 1. The molecule has 0 unspecified atom stereocenters. The number of sulfone groups is 1. The zero-order chi connectivity index (χ0) is 24.9. The minimum absolute atomic E-state index is 0.0361. The molecule has 1 N–H and O–H groups in total. The lowest BCUT2D eigenvalue weighted by molar-refractivity contribution is -0.121. The molecule has 2 atom stereocenters. The summed E-state index contributed by atoms with van der Waals surface area (Å²) < 4.78 is 34.3. The number of nitrogens with zero attached hydrogens (tertiary/aromatic N) is 2. The highest BCUT2D eigenvalue weighted by molar-refractivity contribution is 7.91. The quantitative estimate of drug-likeness (QED) is 0.639. The van der Waals surface area contributed by atoms with Crippen molar-refractivity contribution in [3.63, 3.8) is 0 Å². The topological polar surface area (TPSA) is 122 Å². The van der Waals surface area contributed by atoms with Gasteiger partial charge in [0.25, 0.3) is 11.8 Å². The standard InChI is InChI=1S/C24H25N3O7S/c1-33-18-8-7-16-20(21(18)34-2)24(30)27-17-6-4-3-5-15(17)23(29)26(22(16)27)11-9-19(28)25-14-10-12-35(31,32)13-14/h3-8,14,22H,9-13H2,1-2H3,(H,25,28)/t14-,22-/m1/s1. The highest BCUT2D eigenvalue weighted by atomic mass is 32.2.